The third-order valence-electron chi connectivity index (χ3n) is 1.14. The monoisotopic (exact) mass is 174 g/mol. The number of aromatic nitrogens is 2. The summed E-state index contributed by atoms with van der Waals surface area (Å²) in [6, 6.07) is 0. The molecule has 3 nitrogen and oxygen atoms in total. The predicted molar refractivity (Wildman–Crippen MR) is 38.6 cm³/mol. The van der Waals surface area contributed by atoms with Crippen LogP contribution in [0.3, 0.4) is 0 Å². The molecule has 1 aromatic heterocycles. The molecule has 0 fully saturated rings. The smallest absolute Gasteiger partial charge is 0.314 e. The molecule has 0 amide bonds. The van der Waals surface area contributed by atoms with E-state index in [0.29, 0.717) is 0 Å². The number of alkyl halides is 2. The second-order valence-corrected chi connectivity index (χ2v) is 2.09. The molecule has 0 bridgehead atoms. The number of hydrogen-bond donors (Lipinski definition) is 0. The summed E-state index contributed by atoms with van der Waals surface area (Å²) in [5.74, 6) is -0.516. The normalized spacial score (nSPS) is 11.7. The molecule has 0 spiro atoms. The Bertz CT molecular complexity index is 270. The van der Waals surface area contributed by atoms with Crippen molar-refractivity contribution in [2.45, 2.75) is 19.8 Å². The molecule has 1 heterocycles. The van der Waals surface area contributed by atoms with Gasteiger partial charge in [-0.25, -0.2) is 0 Å². The number of allylic oxidation sites excluding steroid dienone is 1. The molecule has 5 heteroatoms. The van der Waals surface area contributed by atoms with Gasteiger partial charge in [0.1, 0.15) is 0 Å². The van der Waals surface area contributed by atoms with E-state index in [1.807, 2.05) is 6.92 Å². The molecule has 1 aromatic rings. The number of nitrogens with zero attached hydrogens (tertiary/aromatic N) is 2. The molecule has 0 aliphatic heterocycles. The number of hydrogen-bond acceptors (Lipinski definition) is 3. The van der Waals surface area contributed by atoms with E-state index in [4.69, 9.17) is 0 Å². The summed E-state index contributed by atoms with van der Waals surface area (Å²) in [4.78, 5) is 0. The van der Waals surface area contributed by atoms with Crippen molar-refractivity contribution in [1.82, 2.24) is 10.2 Å². The lowest BCUT2D eigenvalue weighted by atomic mass is 10.4. The highest BCUT2D eigenvalue weighted by atomic mass is 19.3. The summed E-state index contributed by atoms with van der Waals surface area (Å²) in [6.45, 7) is 1.92. The van der Waals surface area contributed by atoms with Gasteiger partial charge in [-0.1, -0.05) is 13.0 Å². The van der Waals surface area contributed by atoms with Crippen LogP contribution >= 0.6 is 0 Å². The molecular formula is C7H8F2N2O. The maximum atomic E-state index is 11.9. The van der Waals surface area contributed by atoms with Crippen LogP contribution in [0.15, 0.2) is 10.5 Å². The molecule has 0 aliphatic carbocycles. The van der Waals surface area contributed by atoms with E-state index in [2.05, 4.69) is 14.6 Å². The zero-order valence-corrected chi connectivity index (χ0v) is 6.50. The highest BCUT2D eigenvalue weighted by molar-refractivity contribution is 5.36. The molecule has 1 rings (SSSR count). The third-order valence-corrected chi connectivity index (χ3v) is 1.14. The van der Waals surface area contributed by atoms with Gasteiger partial charge in [0, 0.05) is 0 Å². The van der Waals surface area contributed by atoms with Crippen LogP contribution in [0.25, 0.3) is 6.08 Å². The first-order valence-corrected chi connectivity index (χ1v) is 3.52. The molecule has 0 N–H and O–H groups in total. The van der Waals surface area contributed by atoms with Crippen LogP contribution in [0.4, 0.5) is 8.78 Å². The Kier molecular flexibility index (Phi) is 2.90. The molecule has 0 saturated heterocycles. The predicted octanol–water partition coefficient (Wildman–Crippen LogP) is 2.43. The van der Waals surface area contributed by atoms with E-state index in [9.17, 15) is 8.78 Å². The standard InChI is InChI=1S/C7H8F2N2O/c1-2-3-4-5-10-11-7(12-5)6(8)9/h3-4,6H,2H2,1H3/b4-3+. The summed E-state index contributed by atoms with van der Waals surface area (Å²) >= 11 is 0. The first kappa shape index (κ1) is 8.83. The van der Waals surface area contributed by atoms with E-state index in [1.54, 1.807) is 6.08 Å². The zero-order valence-electron chi connectivity index (χ0n) is 6.50. The first-order valence-electron chi connectivity index (χ1n) is 3.52. The first-order chi connectivity index (χ1) is 5.74. The van der Waals surface area contributed by atoms with Crippen molar-refractivity contribution in [3.8, 4) is 0 Å². The van der Waals surface area contributed by atoms with Gasteiger partial charge in [-0.3, -0.25) is 0 Å². The third kappa shape index (κ3) is 2.11. The summed E-state index contributed by atoms with van der Waals surface area (Å²) in [7, 11) is 0. The van der Waals surface area contributed by atoms with Crippen molar-refractivity contribution >= 4 is 6.08 Å². The van der Waals surface area contributed by atoms with Gasteiger partial charge >= 0.3 is 6.43 Å². The van der Waals surface area contributed by atoms with Gasteiger partial charge in [0.05, 0.1) is 0 Å². The van der Waals surface area contributed by atoms with Crippen LogP contribution in [-0.4, -0.2) is 10.2 Å². The van der Waals surface area contributed by atoms with Crippen LogP contribution in [0.1, 0.15) is 31.6 Å². The Morgan fingerprint density at radius 1 is 1.50 bits per heavy atom. The van der Waals surface area contributed by atoms with E-state index in [1.165, 1.54) is 6.08 Å². The Morgan fingerprint density at radius 2 is 2.25 bits per heavy atom. The molecule has 0 aliphatic rings. The highest BCUT2D eigenvalue weighted by Gasteiger charge is 2.14. The zero-order chi connectivity index (χ0) is 8.97. The average molecular weight is 174 g/mol. The summed E-state index contributed by atoms with van der Waals surface area (Å²) < 4.78 is 28.4. The highest BCUT2D eigenvalue weighted by Crippen LogP contribution is 2.16. The van der Waals surface area contributed by atoms with Gasteiger partial charge in [-0.15, -0.1) is 10.2 Å². The van der Waals surface area contributed by atoms with Gasteiger partial charge in [0.15, 0.2) is 0 Å². The Labute approximate surface area is 68.1 Å². The van der Waals surface area contributed by atoms with Crippen molar-refractivity contribution in [3.05, 3.63) is 17.9 Å². The molecular weight excluding hydrogens is 166 g/mol. The lowest BCUT2D eigenvalue weighted by Crippen LogP contribution is -1.81. The SMILES string of the molecule is CC/C=C/c1nnc(C(F)F)o1. The molecule has 0 saturated carbocycles. The maximum absolute atomic E-state index is 11.9. The minimum Gasteiger partial charge on any atom is -0.416 e. The molecule has 0 unspecified atom stereocenters. The minimum absolute atomic E-state index is 0.118. The average Bonchev–Trinajstić information content (AvgIpc) is 2.48. The van der Waals surface area contributed by atoms with Crippen LogP contribution in [0.2, 0.25) is 0 Å². The lowest BCUT2D eigenvalue weighted by molar-refractivity contribution is 0.114. The van der Waals surface area contributed by atoms with E-state index in [-0.39, 0.29) is 5.89 Å². The van der Waals surface area contributed by atoms with E-state index in [0.717, 1.165) is 6.42 Å². The van der Waals surface area contributed by atoms with Crippen molar-refractivity contribution < 1.29 is 13.2 Å². The summed E-state index contributed by atoms with van der Waals surface area (Å²) in [6.07, 6.45) is 1.37. The Balaban J connectivity index is 2.70. The molecule has 66 valence electrons. The maximum Gasteiger partial charge on any atom is 0.314 e. The Hall–Kier alpha value is -1.26. The molecule has 0 atom stereocenters. The topological polar surface area (TPSA) is 38.9 Å². The summed E-state index contributed by atoms with van der Waals surface area (Å²) in [5.41, 5.74) is 0. The molecule has 0 radical (unpaired) electrons. The van der Waals surface area contributed by atoms with Crippen molar-refractivity contribution in [3.63, 3.8) is 0 Å². The van der Waals surface area contributed by atoms with E-state index >= 15 is 0 Å². The minimum atomic E-state index is -2.69. The fourth-order valence-electron chi connectivity index (χ4n) is 0.621. The fourth-order valence-corrected chi connectivity index (χ4v) is 0.621. The second kappa shape index (κ2) is 3.94. The fraction of sp³-hybridized carbons (Fsp3) is 0.429. The summed E-state index contributed by atoms with van der Waals surface area (Å²) in [5, 5.41) is 6.54. The van der Waals surface area contributed by atoms with Crippen molar-refractivity contribution in [1.29, 1.82) is 0 Å². The second-order valence-electron chi connectivity index (χ2n) is 2.09. The van der Waals surface area contributed by atoms with Gasteiger partial charge in [0.25, 0.3) is 5.89 Å². The van der Waals surface area contributed by atoms with Crippen molar-refractivity contribution in [2.75, 3.05) is 0 Å². The molecule has 0 aromatic carbocycles. The van der Waals surface area contributed by atoms with Gasteiger partial charge in [0.2, 0.25) is 5.89 Å². The van der Waals surface area contributed by atoms with Crippen molar-refractivity contribution in [2.24, 2.45) is 0 Å². The molecule has 12 heavy (non-hydrogen) atoms. The lowest BCUT2D eigenvalue weighted by Gasteiger charge is -1.85. The number of rotatable bonds is 3. The van der Waals surface area contributed by atoms with Crippen LogP contribution in [0, 0.1) is 0 Å². The quantitative estimate of drug-likeness (QED) is 0.706. The van der Waals surface area contributed by atoms with Crippen LogP contribution in [0.5, 0.6) is 0 Å². The number of halogens is 2. The Morgan fingerprint density at radius 3 is 2.75 bits per heavy atom. The van der Waals surface area contributed by atoms with Gasteiger partial charge in [-0.2, -0.15) is 8.78 Å². The van der Waals surface area contributed by atoms with Gasteiger partial charge in [-0.05, 0) is 12.5 Å². The van der Waals surface area contributed by atoms with Gasteiger partial charge < -0.3 is 4.42 Å². The van der Waals surface area contributed by atoms with Crippen LogP contribution < -0.4 is 0 Å². The van der Waals surface area contributed by atoms with E-state index < -0.39 is 12.3 Å². The largest absolute Gasteiger partial charge is 0.416 e. The van der Waals surface area contributed by atoms with Crippen LogP contribution in [-0.2, 0) is 0 Å².